The number of fused-ring (bicyclic) bond motifs is 4. The van der Waals surface area contributed by atoms with Gasteiger partial charge in [0, 0.05) is 10.9 Å². The first kappa shape index (κ1) is 33.4. The Hall–Kier alpha value is -5.07. The van der Waals surface area contributed by atoms with Gasteiger partial charge in [0.05, 0.1) is 47.6 Å². The molecule has 2 aliphatic carbocycles. The fourth-order valence-electron chi connectivity index (χ4n) is 8.42. The van der Waals surface area contributed by atoms with Gasteiger partial charge in [-0.25, -0.2) is 4.79 Å². The molecule has 0 aromatic heterocycles. The van der Waals surface area contributed by atoms with Gasteiger partial charge in [0.25, 0.3) is 11.8 Å². The molecule has 7 rings (SSSR count). The summed E-state index contributed by atoms with van der Waals surface area (Å²) in [5.41, 5.74) is 8.73. The molecule has 0 spiro atoms. The maximum absolute atomic E-state index is 15.3. The van der Waals surface area contributed by atoms with Crippen LogP contribution in [0.3, 0.4) is 0 Å². The molecule has 3 aromatic rings. The lowest BCUT2D eigenvalue weighted by atomic mass is 9.49. The number of amides is 6. The summed E-state index contributed by atoms with van der Waals surface area (Å²) in [6.45, 7) is 2.00. The molecule has 2 aliphatic heterocycles. The number of rotatable bonds is 7. The molecule has 50 heavy (non-hydrogen) atoms. The van der Waals surface area contributed by atoms with Gasteiger partial charge in [-0.15, -0.1) is 0 Å². The number of primary amides is 1. The van der Waals surface area contributed by atoms with Crippen LogP contribution in [0.2, 0.25) is 10.0 Å². The molecule has 12 nitrogen and oxygen atoms in total. The minimum atomic E-state index is -1.61. The van der Waals surface area contributed by atoms with Crippen molar-refractivity contribution in [3.8, 4) is 17.2 Å². The highest BCUT2D eigenvalue weighted by molar-refractivity contribution is 6.36. The molecule has 4 N–H and O–H groups in total. The standard InChI is InChI=1S/C36H32Cl2N4O8/c1-3-50-28-14-17(4-13-27(28)43)30-21-10-11-22-29(33(46)41(31(22)44)35(39)48)23(21)16-24-32(45)42(40-26-12-7-19(37)15-25(26)38)34(47)36(24,30)18-5-8-20(49-2)9-6-18/h4-10,12-15,22-24,29-30,40,43H,3,11,16H2,1-2H3,(H2,39,48). The van der Waals surface area contributed by atoms with Crippen molar-refractivity contribution in [3.63, 3.8) is 0 Å². The van der Waals surface area contributed by atoms with Crippen LogP contribution in [0.5, 0.6) is 17.2 Å². The molecule has 3 aromatic carbocycles. The first-order chi connectivity index (χ1) is 23.9. The number of allylic oxidation sites excluding steroid dienone is 2. The number of aromatic hydroxyl groups is 1. The Balaban J connectivity index is 1.48. The van der Waals surface area contributed by atoms with Crippen LogP contribution >= 0.6 is 23.2 Å². The third-order valence-electron chi connectivity index (χ3n) is 10.4. The van der Waals surface area contributed by atoms with E-state index in [0.717, 1.165) is 5.01 Å². The zero-order chi connectivity index (χ0) is 35.6. The lowest BCUT2D eigenvalue weighted by molar-refractivity contribution is -0.139. The number of benzene rings is 3. The highest BCUT2D eigenvalue weighted by Gasteiger charge is 2.70. The summed E-state index contributed by atoms with van der Waals surface area (Å²) in [6.07, 6.45) is 1.94. The van der Waals surface area contributed by atoms with Crippen molar-refractivity contribution in [3.05, 3.63) is 93.5 Å². The second kappa shape index (κ2) is 12.4. The van der Waals surface area contributed by atoms with Gasteiger partial charge in [-0.1, -0.05) is 53.1 Å². The molecule has 258 valence electrons. The number of nitrogens with zero attached hydrogens (tertiary/aromatic N) is 2. The smallest absolute Gasteiger partial charge is 0.328 e. The minimum Gasteiger partial charge on any atom is -0.504 e. The van der Waals surface area contributed by atoms with E-state index in [4.69, 9.17) is 38.4 Å². The van der Waals surface area contributed by atoms with Gasteiger partial charge in [0.1, 0.15) is 5.75 Å². The van der Waals surface area contributed by atoms with Crippen molar-refractivity contribution in [1.29, 1.82) is 0 Å². The molecule has 0 radical (unpaired) electrons. The number of carbonyl (C=O) groups is 5. The number of hydrogen-bond donors (Lipinski definition) is 3. The van der Waals surface area contributed by atoms with E-state index in [1.54, 1.807) is 55.5 Å². The van der Waals surface area contributed by atoms with Gasteiger partial charge in [0.15, 0.2) is 11.5 Å². The maximum Gasteiger partial charge on any atom is 0.328 e. The second-order valence-electron chi connectivity index (χ2n) is 12.7. The Morgan fingerprint density at radius 3 is 2.40 bits per heavy atom. The van der Waals surface area contributed by atoms with Crippen molar-refractivity contribution < 1.29 is 38.6 Å². The number of nitrogens with two attached hydrogens (primary N) is 1. The summed E-state index contributed by atoms with van der Waals surface area (Å²) >= 11 is 12.6. The summed E-state index contributed by atoms with van der Waals surface area (Å²) in [4.78, 5) is 69.9. The first-order valence-electron chi connectivity index (χ1n) is 16.0. The normalized spacial score (nSPS) is 27.0. The molecule has 3 fully saturated rings. The number of hydrazine groups is 1. The Morgan fingerprint density at radius 1 is 1.00 bits per heavy atom. The Morgan fingerprint density at radius 2 is 1.74 bits per heavy atom. The number of halogens is 2. The quantitative estimate of drug-likeness (QED) is 0.220. The van der Waals surface area contributed by atoms with Gasteiger partial charge in [0.2, 0.25) is 11.8 Å². The minimum absolute atomic E-state index is 0.00530. The predicted molar refractivity (Wildman–Crippen MR) is 181 cm³/mol. The number of imide groups is 4. The van der Waals surface area contributed by atoms with Crippen molar-refractivity contribution in [2.75, 3.05) is 19.1 Å². The topological polar surface area (TPSA) is 169 Å². The van der Waals surface area contributed by atoms with E-state index >= 15 is 4.79 Å². The first-order valence-corrected chi connectivity index (χ1v) is 16.8. The summed E-state index contributed by atoms with van der Waals surface area (Å²) in [6, 6.07) is 15.0. The molecule has 2 saturated heterocycles. The van der Waals surface area contributed by atoms with Gasteiger partial charge in [-0.2, -0.15) is 9.91 Å². The van der Waals surface area contributed by atoms with E-state index in [1.807, 2.05) is 6.08 Å². The monoisotopic (exact) mass is 718 g/mol. The number of phenolic OH excluding ortho intramolecular Hbond substituents is 1. The molecule has 6 amide bonds. The number of likely N-dealkylation sites (tertiary alicyclic amines) is 1. The molecular weight excluding hydrogens is 687 g/mol. The number of urea groups is 1. The fraction of sp³-hybridized carbons (Fsp3) is 0.306. The predicted octanol–water partition coefficient (Wildman–Crippen LogP) is 5.17. The summed E-state index contributed by atoms with van der Waals surface area (Å²) in [5.74, 6) is -6.62. The third-order valence-corrected chi connectivity index (χ3v) is 11.0. The van der Waals surface area contributed by atoms with Crippen molar-refractivity contribution in [1.82, 2.24) is 9.91 Å². The zero-order valence-corrected chi connectivity index (χ0v) is 28.4. The molecule has 6 unspecified atom stereocenters. The van der Waals surface area contributed by atoms with Crippen LogP contribution in [-0.4, -0.2) is 58.4 Å². The van der Waals surface area contributed by atoms with Crippen molar-refractivity contribution in [2.45, 2.75) is 31.1 Å². The number of carbonyl (C=O) groups excluding carboxylic acids is 5. The van der Waals surface area contributed by atoms with Crippen molar-refractivity contribution >= 4 is 58.5 Å². The maximum atomic E-state index is 15.3. The van der Waals surface area contributed by atoms with Crippen LogP contribution in [-0.2, 0) is 24.6 Å². The number of methoxy groups -OCH3 is 1. The van der Waals surface area contributed by atoms with Crippen LogP contribution in [0.1, 0.15) is 36.8 Å². The Kier molecular flexibility index (Phi) is 8.26. The fourth-order valence-corrected chi connectivity index (χ4v) is 8.87. The largest absolute Gasteiger partial charge is 0.504 e. The van der Waals surface area contributed by atoms with E-state index in [9.17, 15) is 24.3 Å². The van der Waals surface area contributed by atoms with Crippen molar-refractivity contribution in [2.24, 2.45) is 29.4 Å². The molecular formula is C36H32Cl2N4O8. The van der Waals surface area contributed by atoms with Gasteiger partial charge < -0.3 is 20.3 Å². The van der Waals surface area contributed by atoms with E-state index in [0.29, 0.717) is 32.4 Å². The lowest BCUT2D eigenvalue weighted by Crippen LogP contribution is -2.53. The number of hydrogen-bond acceptors (Lipinski definition) is 9. The number of ether oxygens (including phenoxy) is 2. The van der Waals surface area contributed by atoms with Gasteiger partial charge in [-0.3, -0.25) is 24.6 Å². The molecule has 2 heterocycles. The summed E-state index contributed by atoms with van der Waals surface area (Å²) < 4.78 is 11.2. The second-order valence-corrected chi connectivity index (χ2v) is 13.6. The lowest BCUT2D eigenvalue weighted by Gasteiger charge is -2.50. The highest BCUT2D eigenvalue weighted by atomic mass is 35.5. The Labute approximate surface area is 296 Å². The molecule has 1 saturated carbocycles. The molecule has 14 heteroatoms. The highest BCUT2D eigenvalue weighted by Crippen LogP contribution is 2.64. The van der Waals surface area contributed by atoms with Crippen LogP contribution in [0.25, 0.3) is 0 Å². The van der Waals surface area contributed by atoms with Gasteiger partial charge in [-0.05, 0) is 79.3 Å². The van der Waals surface area contributed by atoms with Crippen LogP contribution in [0.15, 0.2) is 72.3 Å². The third kappa shape index (κ3) is 4.84. The van der Waals surface area contributed by atoms with Crippen LogP contribution < -0.4 is 20.6 Å². The van der Waals surface area contributed by atoms with E-state index in [1.165, 1.54) is 19.2 Å². The number of phenols is 1. The summed E-state index contributed by atoms with van der Waals surface area (Å²) in [7, 11) is 1.51. The average molecular weight is 720 g/mol. The Bertz CT molecular complexity index is 2000. The average Bonchev–Trinajstić information content (AvgIpc) is 3.48. The van der Waals surface area contributed by atoms with E-state index in [2.05, 4.69) is 5.43 Å². The number of anilines is 1. The van der Waals surface area contributed by atoms with Gasteiger partial charge >= 0.3 is 6.03 Å². The zero-order valence-electron chi connectivity index (χ0n) is 26.9. The molecule has 0 bridgehead atoms. The summed E-state index contributed by atoms with van der Waals surface area (Å²) in [5, 5.41) is 12.2. The molecule has 6 atom stereocenters. The van der Waals surface area contributed by atoms with Crippen LogP contribution in [0, 0.1) is 23.7 Å². The SMILES string of the molecule is CCOc1cc(C2C3=CCC4C(=O)N(C(N)=O)C(=O)C4C3CC3C(=O)N(Nc4ccc(Cl)cc4Cl)C(=O)C32c2ccc(OC)cc2)ccc1O. The number of nitrogens with one attached hydrogen (secondary N) is 1. The van der Waals surface area contributed by atoms with E-state index in [-0.39, 0.29) is 41.7 Å². The van der Waals surface area contributed by atoms with E-state index < -0.39 is 64.7 Å². The van der Waals surface area contributed by atoms with Crippen LogP contribution in [0.4, 0.5) is 10.5 Å². The molecule has 4 aliphatic rings.